The van der Waals surface area contributed by atoms with Gasteiger partial charge in [0.15, 0.2) is 23.1 Å². The van der Waals surface area contributed by atoms with Crippen LogP contribution in [0.2, 0.25) is 0 Å². The fourth-order valence-corrected chi connectivity index (χ4v) is 6.67. The van der Waals surface area contributed by atoms with Crippen LogP contribution in [0.1, 0.15) is 90.9 Å². The number of unbranched alkanes of at least 4 members (excludes halogenated alkanes) is 5. The predicted molar refractivity (Wildman–Crippen MR) is 143 cm³/mol. The van der Waals surface area contributed by atoms with Gasteiger partial charge in [-0.15, -0.1) is 0 Å². The van der Waals surface area contributed by atoms with Gasteiger partial charge in [0.1, 0.15) is 0 Å². The first-order chi connectivity index (χ1) is 18.5. The van der Waals surface area contributed by atoms with Crippen LogP contribution in [0, 0.1) is 46.9 Å². The van der Waals surface area contributed by atoms with Gasteiger partial charge >= 0.3 is 0 Å². The normalized spacial score (nSPS) is 22.6. The molecule has 2 saturated carbocycles. The van der Waals surface area contributed by atoms with Gasteiger partial charge < -0.3 is 9.47 Å². The first-order valence-electron chi connectivity index (χ1n) is 14.7. The number of rotatable bonds is 14. The molecule has 0 bridgehead atoms. The fraction of sp³-hybridized carbons (Fsp3) is 0.625. The lowest BCUT2D eigenvalue weighted by Gasteiger charge is -2.21. The number of fused-ring (bicyclic) bond motifs is 1. The maximum Gasteiger partial charge on any atom is 0.201 e. The third-order valence-corrected chi connectivity index (χ3v) is 8.77. The van der Waals surface area contributed by atoms with E-state index in [0.29, 0.717) is 18.4 Å². The zero-order valence-electron chi connectivity index (χ0n) is 22.8. The molecule has 2 nitrogen and oxygen atoms in total. The molecule has 0 saturated heterocycles. The SMILES string of the molecule is CCCCCCOc1ccc(-c2ccc(OCC3CCC4C(CCCCC)CCC34)c(F)c2F)c(F)c1F. The second-order valence-corrected chi connectivity index (χ2v) is 11.2. The molecule has 38 heavy (non-hydrogen) atoms. The Morgan fingerprint density at radius 1 is 0.605 bits per heavy atom. The number of benzene rings is 2. The van der Waals surface area contributed by atoms with E-state index < -0.39 is 23.3 Å². The van der Waals surface area contributed by atoms with Crippen LogP contribution in [0.5, 0.6) is 11.5 Å². The van der Waals surface area contributed by atoms with Crippen molar-refractivity contribution < 1.29 is 27.0 Å². The lowest BCUT2D eigenvalue weighted by molar-refractivity contribution is 0.194. The van der Waals surface area contributed by atoms with Gasteiger partial charge in [-0.05, 0) is 80.0 Å². The van der Waals surface area contributed by atoms with Crippen molar-refractivity contribution >= 4 is 0 Å². The Morgan fingerprint density at radius 2 is 1.16 bits per heavy atom. The summed E-state index contributed by atoms with van der Waals surface area (Å²) in [5, 5.41) is 0. The van der Waals surface area contributed by atoms with Crippen LogP contribution in [0.25, 0.3) is 11.1 Å². The van der Waals surface area contributed by atoms with Gasteiger partial charge in [-0.2, -0.15) is 8.78 Å². The fourth-order valence-electron chi connectivity index (χ4n) is 6.67. The van der Waals surface area contributed by atoms with E-state index in [1.54, 1.807) is 0 Å². The molecule has 2 aromatic rings. The van der Waals surface area contributed by atoms with E-state index in [4.69, 9.17) is 9.47 Å². The van der Waals surface area contributed by atoms with Crippen LogP contribution >= 0.6 is 0 Å². The van der Waals surface area contributed by atoms with Crippen LogP contribution in [-0.4, -0.2) is 13.2 Å². The maximum atomic E-state index is 15.0. The topological polar surface area (TPSA) is 18.5 Å². The summed E-state index contributed by atoms with van der Waals surface area (Å²) in [7, 11) is 0. The molecule has 0 aromatic heterocycles. The van der Waals surface area contributed by atoms with Gasteiger partial charge in [0.05, 0.1) is 13.2 Å². The number of ether oxygens (including phenoxy) is 2. The highest BCUT2D eigenvalue weighted by Crippen LogP contribution is 2.52. The molecule has 0 N–H and O–H groups in total. The third-order valence-electron chi connectivity index (χ3n) is 8.77. The standard InChI is InChI=1S/C32H42F4O2/c1-3-5-7-9-19-37-27-17-15-25(29(33)31(27)35)26-16-18-28(32(36)30(26)34)38-20-22-12-14-23-21(10-8-6-4-2)11-13-24(22)23/h15-18,21-24H,3-14,19-20H2,1-2H3. The Hall–Kier alpha value is -2.24. The van der Waals surface area contributed by atoms with E-state index in [9.17, 15) is 13.2 Å². The van der Waals surface area contributed by atoms with Gasteiger partial charge in [0.25, 0.3) is 0 Å². The van der Waals surface area contributed by atoms with Crippen LogP contribution in [0.4, 0.5) is 17.6 Å². The molecule has 4 atom stereocenters. The van der Waals surface area contributed by atoms with Crippen molar-refractivity contribution in [2.45, 2.75) is 90.9 Å². The zero-order valence-corrected chi connectivity index (χ0v) is 22.8. The molecule has 0 heterocycles. The Kier molecular flexibility index (Phi) is 10.4. The minimum absolute atomic E-state index is 0.180. The molecule has 0 amide bonds. The van der Waals surface area contributed by atoms with Gasteiger partial charge in [0.2, 0.25) is 11.6 Å². The summed E-state index contributed by atoms with van der Waals surface area (Å²) in [6.07, 6.45) is 13.6. The summed E-state index contributed by atoms with van der Waals surface area (Å²) in [5.74, 6) is -2.81. The summed E-state index contributed by atoms with van der Waals surface area (Å²) in [4.78, 5) is 0. The maximum absolute atomic E-state index is 15.0. The Labute approximate surface area is 225 Å². The van der Waals surface area contributed by atoms with E-state index in [0.717, 1.165) is 43.9 Å². The second-order valence-electron chi connectivity index (χ2n) is 11.2. The lowest BCUT2D eigenvalue weighted by atomic mass is 9.86. The molecular formula is C32H42F4O2. The average molecular weight is 535 g/mol. The van der Waals surface area contributed by atoms with Crippen molar-refractivity contribution in [1.29, 1.82) is 0 Å². The monoisotopic (exact) mass is 534 g/mol. The van der Waals surface area contributed by atoms with E-state index in [-0.39, 0.29) is 29.2 Å². The van der Waals surface area contributed by atoms with Gasteiger partial charge in [-0.3, -0.25) is 0 Å². The van der Waals surface area contributed by atoms with Crippen LogP contribution in [0.3, 0.4) is 0 Å². The molecule has 0 aliphatic heterocycles. The molecule has 2 fully saturated rings. The minimum atomic E-state index is -1.25. The van der Waals surface area contributed by atoms with Gasteiger partial charge in [-0.1, -0.05) is 58.8 Å². The molecule has 2 aliphatic rings. The quantitative estimate of drug-likeness (QED) is 0.177. The average Bonchev–Trinajstić information content (AvgIpc) is 3.51. The highest BCUT2D eigenvalue weighted by molar-refractivity contribution is 5.67. The molecule has 4 unspecified atom stereocenters. The van der Waals surface area contributed by atoms with Crippen molar-refractivity contribution in [2.24, 2.45) is 23.7 Å². The largest absolute Gasteiger partial charge is 0.490 e. The Morgan fingerprint density at radius 3 is 1.79 bits per heavy atom. The highest BCUT2D eigenvalue weighted by atomic mass is 19.2. The molecule has 0 spiro atoms. The van der Waals surface area contributed by atoms with Gasteiger partial charge in [-0.25, -0.2) is 8.78 Å². The van der Waals surface area contributed by atoms with Crippen molar-refractivity contribution in [1.82, 2.24) is 0 Å². The number of hydrogen-bond donors (Lipinski definition) is 0. The molecule has 0 radical (unpaired) electrons. The first kappa shape index (κ1) is 28.8. The smallest absolute Gasteiger partial charge is 0.201 e. The van der Waals surface area contributed by atoms with Crippen molar-refractivity contribution in [3.63, 3.8) is 0 Å². The van der Waals surface area contributed by atoms with Gasteiger partial charge in [0, 0.05) is 11.1 Å². The van der Waals surface area contributed by atoms with Crippen LogP contribution < -0.4 is 9.47 Å². The molecular weight excluding hydrogens is 492 g/mol. The third kappa shape index (κ3) is 6.48. The van der Waals surface area contributed by atoms with E-state index in [1.807, 2.05) is 0 Å². The molecule has 6 heteroatoms. The molecule has 2 aliphatic carbocycles. The van der Waals surface area contributed by atoms with Crippen molar-refractivity contribution in [2.75, 3.05) is 13.2 Å². The first-order valence-corrected chi connectivity index (χ1v) is 14.7. The predicted octanol–water partition coefficient (Wildman–Crippen LogP) is 9.88. The summed E-state index contributed by atoms with van der Waals surface area (Å²) in [6.45, 7) is 4.93. The van der Waals surface area contributed by atoms with E-state index in [1.165, 1.54) is 69.2 Å². The highest BCUT2D eigenvalue weighted by Gasteiger charge is 2.44. The Balaban J connectivity index is 1.37. The van der Waals surface area contributed by atoms with Crippen LogP contribution in [-0.2, 0) is 0 Å². The minimum Gasteiger partial charge on any atom is -0.490 e. The molecule has 4 rings (SSSR count). The zero-order chi connectivity index (χ0) is 27.1. The summed E-state index contributed by atoms with van der Waals surface area (Å²) >= 11 is 0. The summed E-state index contributed by atoms with van der Waals surface area (Å²) in [5.41, 5.74) is -0.685. The molecule has 2 aromatic carbocycles. The lowest BCUT2D eigenvalue weighted by Crippen LogP contribution is -2.19. The summed E-state index contributed by atoms with van der Waals surface area (Å²) < 4.78 is 70.6. The molecule has 210 valence electrons. The van der Waals surface area contributed by atoms with Crippen molar-refractivity contribution in [3.8, 4) is 22.6 Å². The summed E-state index contributed by atoms with van der Waals surface area (Å²) in [6, 6.07) is 5.07. The Bertz CT molecular complexity index is 1060. The number of halogens is 4. The van der Waals surface area contributed by atoms with Crippen molar-refractivity contribution in [3.05, 3.63) is 47.5 Å². The van der Waals surface area contributed by atoms with E-state index in [2.05, 4.69) is 13.8 Å². The van der Waals surface area contributed by atoms with E-state index >= 15 is 4.39 Å². The van der Waals surface area contributed by atoms with Crippen LogP contribution in [0.15, 0.2) is 24.3 Å². The number of hydrogen-bond acceptors (Lipinski definition) is 2. The second kappa shape index (κ2) is 13.7.